The fourth-order valence-electron chi connectivity index (χ4n) is 2.14. The number of thiocarbonyl (C=S) groups is 1. The average molecular weight is 312 g/mol. The Kier molecular flexibility index (Phi) is 4.52. The van der Waals surface area contributed by atoms with Crippen LogP contribution >= 0.6 is 12.2 Å². The van der Waals surface area contributed by atoms with Crippen molar-refractivity contribution in [2.24, 2.45) is 0 Å². The van der Waals surface area contributed by atoms with E-state index in [0.717, 1.165) is 12.1 Å². The van der Waals surface area contributed by atoms with E-state index in [9.17, 15) is 13.6 Å². The number of nitrogens with one attached hydrogen (secondary N) is 2. The molecule has 1 aliphatic heterocycles. The number of allylic oxidation sites excluding steroid dienone is 1. The van der Waals surface area contributed by atoms with Gasteiger partial charge in [-0.2, -0.15) is 0 Å². The molecule has 1 aromatic carbocycles. The molecule has 0 spiro atoms. The van der Waals surface area contributed by atoms with Crippen molar-refractivity contribution in [3.8, 4) is 0 Å². The van der Waals surface area contributed by atoms with Crippen LogP contribution in [0, 0.1) is 11.6 Å². The van der Waals surface area contributed by atoms with Crippen LogP contribution in [0.2, 0.25) is 0 Å². The molecule has 0 aliphatic carbocycles. The van der Waals surface area contributed by atoms with Gasteiger partial charge in [0.15, 0.2) is 5.11 Å². The molecular weight excluding hydrogens is 298 g/mol. The van der Waals surface area contributed by atoms with Crippen molar-refractivity contribution in [1.82, 2.24) is 10.6 Å². The SMILES string of the molecule is CCOC(=O)C1=C(C)NC(=S)N[C@H]1c1ccc(F)cc1F. The van der Waals surface area contributed by atoms with E-state index in [0.29, 0.717) is 5.70 Å². The molecule has 0 unspecified atom stereocenters. The molecule has 0 bridgehead atoms. The minimum absolute atomic E-state index is 0.127. The van der Waals surface area contributed by atoms with E-state index >= 15 is 0 Å². The summed E-state index contributed by atoms with van der Waals surface area (Å²) in [6.07, 6.45) is 0. The van der Waals surface area contributed by atoms with Gasteiger partial charge in [-0.15, -0.1) is 0 Å². The first kappa shape index (κ1) is 15.4. The molecular formula is C14H14F2N2O2S. The Balaban J connectivity index is 2.49. The molecule has 1 atom stereocenters. The summed E-state index contributed by atoms with van der Waals surface area (Å²) in [7, 11) is 0. The van der Waals surface area contributed by atoms with Crippen molar-refractivity contribution in [1.29, 1.82) is 0 Å². The third-order valence-electron chi connectivity index (χ3n) is 3.04. The predicted octanol–water partition coefficient (Wildman–Crippen LogP) is 2.32. The number of carbonyl (C=O) groups excluding carboxylic acids is 1. The Morgan fingerprint density at radius 2 is 2.14 bits per heavy atom. The van der Waals surface area contributed by atoms with Gasteiger partial charge in [-0.1, -0.05) is 6.07 Å². The van der Waals surface area contributed by atoms with Crippen LogP contribution in [0.25, 0.3) is 0 Å². The summed E-state index contributed by atoms with van der Waals surface area (Å²) >= 11 is 5.03. The fraction of sp³-hybridized carbons (Fsp3) is 0.286. The number of rotatable bonds is 3. The van der Waals surface area contributed by atoms with Crippen LogP contribution in [0.5, 0.6) is 0 Å². The Morgan fingerprint density at radius 3 is 2.76 bits per heavy atom. The second-order valence-electron chi connectivity index (χ2n) is 4.46. The lowest BCUT2D eigenvalue weighted by Crippen LogP contribution is -2.45. The highest BCUT2D eigenvalue weighted by Crippen LogP contribution is 2.29. The summed E-state index contributed by atoms with van der Waals surface area (Å²) in [6.45, 7) is 3.52. The van der Waals surface area contributed by atoms with E-state index in [1.807, 2.05) is 0 Å². The second kappa shape index (κ2) is 6.17. The molecule has 7 heteroatoms. The van der Waals surface area contributed by atoms with Crippen molar-refractivity contribution in [3.05, 3.63) is 46.7 Å². The molecule has 112 valence electrons. The monoisotopic (exact) mass is 312 g/mol. The van der Waals surface area contributed by atoms with Crippen LogP contribution in [0.4, 0.5) is 8.78 Å². The van der Waals surface area contributed by atoms with E-state index in [2.05, 4.69) is 10.6 Å². The molecule has 0 fully saturated rings. The van der Waals surface area contributed by atoms with Crippen LogP contribution in [0.15, 0.2) is 29.5 Å². The first-order valence-electron chi connectivity index (χ1n) is 6.34. The van der Waals surface area contributed by atoms with Gasteiger partial charge < -0.3 is 15.4 Å². The Hall–Kier alpha value is -2.02. The zero-order valence-electron chi connectivity index (χ0n) is 11.5. The number of hydrogen-bond acceptors (Lipinski definition) is 3. The Bertz CT molecular complexity index is 631. The van der Waals surface area contributed by atoms with Crippen LogP contribution in [-0.4, -0.2) is 17.7 Å². The highest BCUT2D eigenvalue weighted by atomic mass is 32.1. The Morgan fingerprint density at radius 1 is 1.43 bits per heavy atom. The van der Waals surface area contributed by atoms with Gasteiger partial charge in [0.05, 0.1) is 18.2 Å². The van der Waals surface area contributed by atoms with Gasteiger partial charge in [-0.3, -0.25) is 0 Å². The summed E-state index contributed by atoms with van der Waals surface area (Å²) in [5, 5.41) is 5.87. The zero-order chi connectivity index (χ0) is 15.6. The third kappa shape index (κ3) is 3.18. The molecule has 1 aromatic rings. The molecule has 0 radical (unpaired) electrons. The summed E-state index contributed by atoms with van der Waals surface area (Å²) in [4.78, 5) is 12.1. The molecule has 0 amide bonds. The molecule has 21 heavy (non-hydrogen) atoms. The van der Waals surface area contributed by atoms with E-state index in [1.54, 1.807) is 13.8 Å². The molecule has 2 rings (SSSR count). The van der Waals surface area contributed by atoms with E-state index in [-0.39, 0.29) is 22.9 Å². The van der Waals surface area contributed by atoms with Crippen molar-refractivity contribution in [3.63, 3.8) is 0 Å². The van der Waals surface area contributed by atoms with Gasteiger partial charge in [-0.05, 0) is 32.1 Å². The lowest BCUT2D eigenvalue weighted by atomic mass is 9.95. The number of benzene rings is 1. The molecule has 4 nitrogen and oxygen atoms in total. The molecule has 1 heterocycles. The molecule has 2 N–H and O–H groups in total. The van der Waals surface area contributed by atoms with Crippen molar-refractivity contribution < 1.29 is 18.3 Å². The van der Waals surface area contributed by atoms with Gasteiger partial charge >= 0.3 is 5.97 Å². The lowest BCUT2D eigenvalue weighted by molar-refractivity contribution is -0.139. The number of carbonyl (C=O) groups is 1. The normalized spacial score (nSPS) is 18.1. The highest BCUT2D eigenvalue weighted by molar-refractivity contribution is 7.80. The van der Waals surface area contributed by atoms with Crippen molar-refractivity contribution >= 4 is 23.3 Å². The molecule has 1 aliphatic rings. The van der Waals surface area contributed by atoms with Crippen LogP contribution in [0.3, 0.4) is 0 Å². The zero-order valence-corrected chi connectivity index (χ0v) is 12.3. The summed E-state index contributed by atoms with van der Waals surface area (Å²) < 4.78 is 32.0. The molecule has 0 aromatic heterocycles. The topological polar surface area (TPSA) is 50.4 Å². The maximum absolute atomic E-state index is 14.0. The van der Waals surface area contributed by atoms with Gasteiger partial charge in [0.1, 0.15) is 11.6 Å². The number of ether oxygens (including phenoxy) is 1. The van der Waals surface area contributed by atoms with E-state index in [1.165, 1.54) is 6.07 Å². The maximum Gasteiger partial charge on any atom is 0.338 e. The largest absolute Gasteiger partial charge is 0.463 e. The Labute approximate surface area is 126 Å². The van der Waals surface area contributed by atoms with Crippen LogP contribution in [0.1, 0.15) is 25.5 Å². The quantitative estimate of drug-likeness (QED) is 0.663. The minimum atomic E-state index is -0.821. The first-order valence-corrected chi connectivity index (χ1v) is 6.75. The maximum atomic E-state index is 14.0. The smallest absolute Gasteiger partial charge is 0.338 e. The number of halogens is 2. The van der Waals surface area contributed by atoms with E-state index < -0.39 is 23.6 Å². The summed E-state index contributed by atoms with van der Waals surface area (Å²) in [6, 6.07) is 2.35. The van der Waals surface area contributed by atoms with Gasteiger partial charge in [0.2, 0.25) is 0 Å². The molecule has 0 saturated carbocycles. The highest BCUT2D eigenvalue weighted by Gasteiger charge is 2.32. The minimum Gasteiger partial charge on any atom is -0.463 e. The van der Waals surface area contributed by atoms with Gasteiger partial charge in [0, 0.05) is 17.3 Å². The number of hydrogen-bond donors (Lipinski definition) is 2. The standard InChI is InChI=1S/C14H14F2N2O2S/c1-3-20-13(19)11-7(2)17-14(21)18-12(11)9-5-4-8(15)6-10(9)16/h4-6,12H,3H2,1-2H3,(H2,17,18,21)/t12-/m0/s1. The van der Waals surface area contributed by atoms with E-state index in [4.69, 9.17) is 17.0 Å². The predicted molar refractivity (Wildman–Crippen MR) is 77.3 cm³/mol. The van der Waals surface area contributed by atoms with Crippen LogP contribution < -0.4 is 10.6 Å². The van der Waals surface area contributed by atoms with Gasteiger partial charge in [-0.25, -0.2) is 13.6 Å². The third-order valence-corrected chi connectivity index (χ3v) is 3.26. The fourth-order valence-corrected chi connectivity index (χ4v) is 2.41. The first-order chi connectivity index (χ1) is 9.93. The van der Waals surface area contributed by atoms with Crippen molar-refractivity contribution in [2.45, 2.75) is 19.9 Å². The summed E-state index contributed by atoms with van der Waals surface area (Å²) in [5.74, 6) is -2.02. The van der Waals surface area contributed by atoms with Crippen LogP contribution in [-0.2, 0) is 9.53 Å². The summed E-state index contributed by atoms with van der Waals surface area (Å²) in [5.41, 5.74) is 0.824. The van der Waals surface area contributed by atoms with Crippen molar-refractivity contribution in [2.75, 3.05) is 6.61 Å². The second-order valence-corrected chi connectivity index (χ2v) is 4.86. The molecule has 0 saturated heterocycles. The average Bonchev–Trinajstić information content (AvgIpc) is 2.37. The lowest BCUT2D eigenvalue weighted by Gasteiger charge is -2.30. The number of esters is 1. The van der Waals surface area contributed by atoms with Gasteiger partial charge in [0.25, 0.3) is 0 Å².